The molecule has 2 aliphatic rings. The predicted octanol–water partition coefficient (Wildman–Crippen LogP) is 2.17. The fourth-order valence-electron chi connectivity index (χ4n) is 3.66. The molecule has 0 unspecified atom stereocenters. The number of amides is 2. The molecule has 2 N–H and O–H groups in total. The summed E-state index contributed by atoms with van der Waals surface area (Å²) in [5.41, 5.74) is 4.10. The number of esters is 2. The zero-order valence-electron chi connectivity index (χ0n) is 16.3. The first kappa shape index (κ1) is 19.9. The SMILES string of the molecule is CCOC(=O)C1=C(COC(=O)Cc2ccc3c(c2)CCCC3)NC(=O)N[C@H]1C. The van der Waals surface area contributed by atoms with Crippen molar-refractivity contribution >= 4 is 18.0 Å². The van der Waals surface area contributed by atoms with Crippen LogP contribution in [0.2, 0.25) is 0 Å². The van der Waals surface area contributed by atoms with Crippen molar-refractivity contribution in [2.45, 2.75) is 52.0 Å². The Bertz CT molecular complexity index is 815. The van der Waals surface area contributed by atoms with Gasteiger partial charge in [0.2, 0.25) is 0 Å². The largest absolute Gasteiger partial charge is 0.463 e. The number of hydrogen-bond acceptors (Lipinski definition) is 5. The zero-order chi connectivity index (χ0) is 20.1. The van der Waals surface area contributed by atoms with Crippen LogP contribution in [0.5, 0.6) is 0 Å². The molecule has 28 heavy (non-hydrogen) atoms. The number of hydrogen-bond donors (Lipinski definition) is 2. The van der Waals surface area contributed by atoms with Crippen molar-refractivity contribution in [3.63, 3.8) is 0 Å². The van der Waals surface area contributed by atoms with Crippen LogP contribution in [0.3, 0.4) is 0 Å². The normalized spacial score (nSPS) is 18.6. The third-order valence-electron chi connectivity index (χ3n) is 5.00. The number of aryl methyl sites for hydroxylation is 2. The van der Waals surface area contributed by atoms with E-state index in [9.17, 15) is 14.4 Å². The van der Waals surface area contributed by atoms with Gasteiger partial charge in [-0.15, -0.1) is 0 Å². The molecule has 1 aliphatic heterocycles. The Kier molecular flexibility index (Phi) is 6.34. The molecule has 0 fully saturated rings. The molecule has 1 aromatic rings. The van der Waals surface area contributed by atoms with Crippen molar-refractivity contribution < 1.29 is 23.9 Å². The molecule has 0 spiro atoms. The minimum Gasteiger partial charge on any atom is -0.463 e. The van der Waals surface area contributed by atoms with E-state index in [1.165, 1.54) is 24.0 Å². The van der Waals surface area contributed by atoms with Crippen LogP contribution >= 0.6 is 0 Å². The lowest BCUT2D eigenvalue weighted by atomic mass is 9.90. The highest BCUT2D eigenvalue weighted by Gasteiger charge is 2.30. The first-order valence-corrected chi connectivity index (χ1v) is 9.72. The second kappa shape index (κ2) is 8.91. The molecule has 7 nitrogen and oxygen atoms in total. The average Bonchev–Trinajstić information content (AvgIpc) is 2.66. The van der Waals surface area contributed by atoms with E-state index in [2.05, 4.69) is 22.8 Å². The fourth-order valence-corrected chi connectivity index (χ4v) is 3.66. The molecular weight excluding hydrogens is 360 g/mol. The minimum atomic E-state index is -0.539. The molecule has 2 amide bonds. The molecule has 3 rings (SSSR count). The van der Waals surface area contributed by atoms with Gasteiger partial charge >= 0.3 is 18.0 Å². The molecule has 0 aromatic heterocycles. The van der Waals surface area contributed by atoms with E-state index in [1.807, 2.05) is 6.07 Å². The maximum absolute atomic E-state index is 12.3. The van der Waals surface area contributed by atoms with Gasteiger partial charge in [-0.2, -0.15) is 0 Å². The van der Waals surface area contributed by atoms with Gasteiger partial charge in [0.05, 0.1) is 30.3 Å². The number of rotatable bonds is 6. The first-order valence-electron chi connectivity index (χ1n) is 9.72. The molecule has 1 heterocycles. The third kappa shape index (κ3) is 4.71. The molecule has 1 aromatic carbocycles. The average molecular weight is 386 g/mol. The van der Waals surface area contributed by atoms with Gasteiger partial charge in [0.25, 0.3) is 0 Å². The zero-order valence-corrected chi connectivity index (χ0v) is 16.3. The summed E-state index contributed by atoms with van der Waals surface area (Å²) in [5, 5.41) is 5.15. The smallest absolute Gasteiger partial charge is 0.338 e. The van der Waals surface area contributed by atoms with Crippen LogP contribution in [0.4, 0.5) is 4.79 Å². The van der Waals surface area contributed by atoms with Crippen molar-refractivity contribution in [3.8, 4) is 0 Å². The van der Waals surface area contributed by atoms with Crippen LogP contribution in [0.25, 0.3) is 0 Å². The maximum Gasteiger partial charge on any atom is 0.338 e. The summed E-state index contributed by atoms with van der Waals surface area (Å²) in [4.78, 5) is 36.2. The van der Waals surface area contributed by atoms with Crippen molar-refractivity contribution in [1.29, 1.82) is 0 Å². The molecule has 0 saturated carbocycles. The van der Waals surface area contributed by atoms with Crippen molar-refractivity contribution in [2.75, 3.05) is 13.2 Å². The summed E-state index contributed by atoms with van der Waals surface area (Å²) in [7, 11) is 0. The third-order valence-corrected chi connectivity index (χ3v) is 5.00. The van der Waals surface area contributed by atoms with Crippen molar-refractivity contribution in [1.82, 2.24) is 10.6 Å². The number of carbonyl (C=O) groups is 3. The Morgan fingerprint density at radius 1 is 1.14 bits per heavy atom. The van der Waals surface area contributed by atoms with E-state index < -0.39 is 24.0 Å². The van der Waals surface area contributed by atoms with Gasteiger partial charge in [-0.05, 0) is 56.2 Å². The highest BCUT2D eigenvalue weighted by Crippen LogP contribution is 2.22. The van der Waals surface area contributed by atoms with Crippen LogP contribution in [-0.4, -0.2) is 37.2 Å². The second-order valence-electron chi connectivity index (χ2n) is 7.08. The summed E-state index contributed by atoms with van der Waals surface area (Å²) >= 11 is 0. The Hall–Kier alpha value is -2.83. The Labute approximate surface area is 164 Å². The van der Waals surface area contributed by atoms with E-state index in [4.69, 9.17) is 9.47 Å². The monoisotopic (exact) mass is 386 g/mol. The highest BCUT2D eigenvalue weighted by molar-refractivity contribution is 5.94. The minimum absolute atomic E-state index is 0.150. The predicted molar refractivity (Wildman–Crippen MR) is 103 cm³/mol. The Morgan fingerprint density at radius 2 is 1.89 bits per heavy atom. The molecule has 0 radical (unpaired) electrons. The lowest BCUT2D eigenvalue weighted by molar-refractivity contribution is -0.143. The first-order chi connectivity index (χ1) is 13.5. The van der Waals surface area contributed by atoms with Gasteiger partial charge in [0.15, 0.2) is 0 Å². The summed E-state index contributed by atoms with van der Waals surface area (Å²) in [6, 6.07) is 5.16. The number of ether oxygens (including phenoxy) is 2. The van der Waals surface area contributed by atoms with E-state index in [1.54, 1.807) is 13.8 Å². The number of carbonyl (C=O) groups excluding carboxylic acids is 3. The summed E-state index contributed by atoms with van der Waals surface area (Å²) in [5.74, 6) is -0.949. The van der Waals surface area contributed by atoms with E-state index in [0.29, 0.717) is 0 Å². The van der Waals surface area contributed by atoms with Gasteiger partial charge in [0.1, 0.15) is 6.61 Å². The fraction of sp³-hybridized carbons (Fsp3) is 0.476. The number of benzene rings is 1. The summed E-state index contributed by atoms with van der Waals surface area (Å²) in [6.07, 6.45) is 4.68. The quantitative estimate of drug-likeness (QED) is 0.731. The van der Waals surface area contributed by atoms with Gasteiger partial charge in [0, 0.05) is 0 Å². The van der Waals surface area contributed by atoms with Gasteiger partial charge in [-0.1, -0.05) is 18.2 Å². The van der Waals surface area contributed by atoms with E-state index in [-0.39, 0.29) is 30.9 Å². The Balaban J connectivity index is 1.65. The van der Waals surface area contributed by atoms with Crippen LogP contribution in [0, 0.1) is 0 Å². The second-order valence-corrected chi connectivity index (χ2v) is 7.08. The van der Waals surface area contributed by atoms with Crippen LogP contribution < -0.4 is 10.6 Å². The highest BCUT2D eigenvalue weighted by atomic mass is 16.5. The van der Waals surface area contributed by atoms with Crippen molar-refractivity contribution in [3.05, 3.63) is 46.2 Å². The van der Waals surface area contributed by atoms with Gasteiger partial charge < -0.3 is 20.1 Å². The number of fused-ring (bicyclic) bond motifs is 1. The number of nitrogens with one attached hydrogen (secondary N) is 2. The maximum atomic E-state index is 12.3. The van der Waals surface area contributed by atoms with Crippen LogP contribution in [0.1, 0.15) is 43.4 Å². The van der Waals surface area contributed by atoms with Crippen LogP contribution in [0.15, 0.2) is 29.5 Å². The topological polar surface area (TPSA) is 93.7 Å². The summed E-state index contributed by atoms with van der Waals surface area (Å²) in [6.45, 7) is 3.42. The molecule has 0 bridgehead atoms. The molecule has 0 saturated heterocycles. The molecule has 7 heteroatoms. The van der Waals surface area contributed by atoms with Crippen LogP contribution in [-0.2, 0) is 38.3 Å². The Morgan fingerprint density at radius 3 is 2.64 bits per heavy atom. The lowest BCUT2D eigenvalue weighted by Gasteiger charge is -2.26. The van der Waals surface area contributed by atoms with Gasteiger partial charge in [-0.25, -0.2) is 9.59 Å². The van der Waals surface area contributed by atoms with E-state index in [0.717, 1.165) is 18.4 Å². The van der Waals surface area contributed by atoms with Crippen molar-refractivity contribution in [2.24, 2.45) is 0 Å². The molecule has 1 atom stereocenters. The lowest BCUT2D eigenvalue weighted by Crippen LogP contribution is -2.50. The standard InChI is InChI=1S/C21H26N2O5/c1-3-27-20(25)19-13(2)22-21(26)23-17(19)12-28-18(24)11-14-8-9-15-6-4-5-7-16(15)10-14/h8-10,13H,3-7,11-12H2,1-2H3,(H2,22,23,26)/t13-/m0/s1. The number of urea groups is 1. The molecular formula is C21H26N2O5. The van der Waals surface area contributed by atoms with E-state index >= 15 is 0 Å². The molecule has 150 valence electrons. The molecule has 1 aliphatic carbocycles. The van der Waals surface area contributed by atoms with Gasteiger partial charge in [-0.3, -0.25) is 4.79 Å². The summed E-state index contributed by atoms with van der Waals surface area (Å²) < 4.78 is 10.4.